The number of β-amino-alcohol motifs (C(OH)–C–C–N with tert-alkyl or cyclic N) is 1. The zero-order valence-corrected chi connectivity index (χ0v) is 15.1. The number of aromatic nitrogens is 1. The molecule has 0 radical (unpaired) electrons. The third-order valence-corrected chi connectivity index (χ3v) is 4.54. The number of hydrogen-bond donors (Lipinski definition) is 2. The molecule has 0 saturated carbocycles. The summed E-state index contributed by atoms with van der Waals surface area (Å²) in [6.07, 6.45) is -0.496. The van der Waals surface area contributed by atoms with Gasteiger partial charge in [-0.1, -0.05) is 28.9 Å². The fraction of sp³-hybridized carbons (Fsp3) is 0.389. The summed E-state index contributed by atoms with van der Waals surface area (Å²) in [5, 5.41) is 17.1. The van der Waals surface area contributed by atoms with Crippen LogP contribution in [0.25, 0.3) is 0 Å². The van der Waals surface area contributed by atoms with Crippen LogP contribution in [0, 0.1) is 6.92 Å². The molecule has 2 N–H and O–H groups in total. The highest BCUT2D eigenvalue weighted by molar-refractivity contribution is 6.30. The van der Waals surface area contributed by atoms with E-state index in [0.717, 1.165) is 5.56 Å². The highest BCUT2D eigenvalue weighted by Gasteiger charge is 2.38. The lowest BCUT2D eigenvalue weighted by Crippen LogP contribution is -2.46. The van der Waals surface area contributed by atoms with E-state index < -0.39 is 12.1 Å². The van der Waals surface area contributed by atoms with Gasteiger partial charge in [-0.2, -0.15) is 0 Å². The third kappa shape index (κ3) is 4.42. The first-order valence-electron chi connectivity index (χ1n) is 8.34. The normalized spacial score (nSPS) is 19.6. The zero-order valence-electron chi connectivity index (χ0n) is 14.3. The summed E-state index contributed by atoms with van der Waals surface area (Å²) in [6.45, 7) is 2.22. The largest absolute Gasteiger partial charge is 0.391 e. The maximum absolute atomic E-state index is 12.5. The van der Waals surface area contributed by atoms with Gasteiger partial charge >= 0.3 is 0 Å². The quantitative estimate of drug-likeness (QED) is 0.822. The molecule has 1 fully saturated rings. The first-order valence-corrected chi connectivity index (χ1v) is 8.72. The highest BCUT2D eigenvalue weighted by atomic mass is 35.5. The van der Waals surface area contributed by atoms with E-state index in [1.54, 1.807) is 25.1 Å². The number of aliphatic hydroxyl groups is 1. The Morgan fingerprint density at radius 1 is 1.38 bits per heavy atom. The van der Waals surface area contributed by atoms with Gasteiger partial charge in [0.05, 0.1) is 18.2 Å². The van der Waals surface area contributed by atoms with Crippen molar-refractivity contribution in [3.05, 3.63) is 52.4 Å². The van der Waals surface area contributed by atoms with E-state index in [-0.39, 0.29) is 31.2 Å². The van der Waals surface area contributed by atoms with Crippen LogP contribution in [0.3, 0.4) is 0 Å². The van der Waals surface area contributed by atoms with E-state index in [1.165, 1.54) is 4.90 Å². The molecule has 1 aliphatic heterocycles. The van der Waals surface area contributed by atoms with Gasteiger partial charge < -0.3 is 19.8 Å². The Morgan fingerprint density at radius 3 is 2.77 bits per heavy atom. The molecule has 0 spiro atoms. The molecule has 26 heavy (non-hydrogen) atoms. The summed E-state index contributed by atoms with van der Waals surface area (Å²) < 4.78 is 5.06. The van der Waals surface area contributed by atoms with Crippen molar-refractivity contribution in [2.45, 2.75) is 38.5 Å². The number of likely N-dealkylation sites (tertiary alicyclic amines) is 1. The van der Waals surface area contributed by atoms with Crippen LogP contribution in [0.1, 0.15) is 23.4 Å². The Morgan fingerprint density at radius 2 is 2.12 bits per heavy atom. The molecule has 1 saturated heterocycles. The first kappa shape index (κ1) is 18.4. The molecule has 1 aliphatic rings. The van der Waals surface area contributed by atoms with E-state index in [1.807, 2.05) is 12.1 Å². The summed E-state index contributed by atoms with van der Waals surface area (Å²) in [4.78, 5) is 26.5. The van der Waals surface area contributed by atoms with Crippen LogP contribution in [0.2, 0.25) is 5.02 Å². The zero-order chi connectivity index (χ0) is 18.7. The molecule has 1 aromatic heterocycles. The van der Waals surface area contributed by atoms with E-state index >= 15 is 0 Å². The number of nitrogens with one attached hydrogen (secondary N) is 1. The summed E-state index contributed by atoms with van der Waals surface area (Å²) in [5.74, 6) is -0.128. The molecule has 2 atom stereocenters. The van der Waals surface area contributed by atoms with Crippen LogP contribution in [0.4, 0.5) is 0 Å². The van der Waals surface area contributed by atoms with Gasteiger partial charge in [-0.3, -0.25) is 9.59 Å². The minimum Gasteiger partial charge on any atom is -0.391 e. The molecule has 3 rings (SSSR count). The first-order chi connectivity index (χ1) is 12.4. The second-order valence-electron chi connectivity index (χ2n) is 6.41. The van der Waals surface area contributed by atoms with Gasteiger partial charge in [0.15, 0.2) is 0 Å². The number of halogens is 1. The van der Waals surface area contributed by atoms with Gasteiger partial charge in [-0.15, -0.1) is 0 Å². The topological polar surface area (TPSA) is 95.7 Å². The lowest BCUT2D eigenvalue weighted by atomic mass is 10.1. The number of amides is 2. The van der Waals surface area contributed by atoms with Gasteiger partial charge in [0.2, 0.25) is 11.8 Å². The van der Waals surface area contributed by atoms with Crippen molar-refractivity contribution in [1.29, 1.82) is 0 Å². The van der Waals surface area contributed by atoms with Crippen LogP contribution in [0.5, 0.6) is 0 Å². The average Bonchev–Trinajstić information content (AvgIpc) is 3.19. The molecule has 2 heterocycles. The molecular weight excluding hydrogens is 358 g/mol. The van der Waals surface area contributed by atoms with Crippen LogP contribution in [-0.2, 0) is 22.6 Å². The Hall–Kier alpha value is -2.38. The summed E-state index contributed by atoms with van der Waals surface area (Å²) in [6, 6.07) is 8.12. The van der Waals surface area contributed by atoms with Crippen molar-refractivity contribution in [2.75, 3.05) is 6.54 Å². The number of aliphatic hydroxyl groups excluding tert-OH is 1. The molecule has 8 heteroatoms. The van der Waals surface area contributed by atoms with Crippen molar-refractivity contribution in [3.63, 3.8) is 0 Å². The molecule has 2 unspecified atom stereocenters. The summed E-state index contributed by atoms with van der Waals surface area (Å²) in [7, 11) is 0. The standard InChI is InChI=1S/C18H20ClN3O4/c1-11-6-15(26-21-11)8-17(24)22-10-14(23)7-16(22)18(25)20-9-12-2-4-13(19)5-3-12/h2-6,14,16,23H,7-10H2,1H3,(H,20,25). The maximum atomic E-state index is 12.5. The number of carbonyl (C=O) groups is 2. The second kappa shape index (κ2) is 7.88. The van der Waals surface area contributed by atoms with Crippen molar-refractivity contribution < 1.29 is 19.2 Å². The van der Waals surface area contributed by atoms with Crippen LogP contribution >= 0.6 is 11.6 Å². The number of aryl methyl sites for hydroxylation is 1. The number of benzene rings is 1. The van der Waals surface area contributed by atoms with E-state index in [0.29, 0.717) is 23.0 Å². The van der Waals surface area contributed by atoms with Crippen molar-refractivity contribution in [3.8, 4) is 0 Å². The van der Waals surface area contributed by atoms with Crippen molar-refractivity contribution in [1.82, 2.24) is 15.4 Å². The Labute approximate surface area is 155 Å². The number of nitrogens with zero attached hydrogens (tertiary/aromatic N) is 2. The summed E-state index contributed by atoms with van der Waals surface area (Å²) >= 11 is 5.84. The Kier molecular flexibility index (Phi) is 5.58. The van der Waals surface area contributed by atoms with Gasteiger partial charge in [0.25, 0.3) is 0 Å². The maximum Gasteiger partial charge on any atom is 0.243 e. The van der Waals surface area contributed by atoms with Gasteiger partial charge in [-0.05, 0) is 24.6 Å². The van der Waals surface area contributed by atoms with Crippen molar-refractivity contribution >= 4 is 23.4 Å². The fourth-order valence-corrected chi connectivity index (χ4v) is 3.12. The number of hydrogen-bond acceptors (Lipinski definition) is 5. The molecule has 7 nitrogen and oxygen atoms in total. The van der Waals surface area contributed by atoms with Crippen LogP contribution in [0.15, 0.2) is 34.9 Å². The fourth-order valence-electron chi connectivity index (χ4n) is 3.00. The molecular formula is C18H20ClN3O4. The third-order valence-electron chi connectivity index (χ3n) is 4.28. The van der Waals surface area contributed by atoms with Gasteiger partial charge in [-0.25, -0.2) is 0 Å². The monoisotopic (exact) mass is 377 g/mol. The van der Waals surface area contributed by atoms with Gasteiger partial charge in [0.1, 0.15) is 11.8 Å². The smallest absolute Gasteiger partial charge is 0.243 e. The molecule has 2 amide bonds. The Bertz CT molecular complexity index is 790. The number of carbonyl (C=O) groups excluding carboxylic acids is 2. The number of rotatable bonds is 5. The molecule has 1 aromatic carbocycles. The molecule has 138 valence electrons. The minimum atomic E-state index is -0.721. The van der Waals surface area contributed by atoms with Gasteiger partial charge in [0, 0.05) is 30.6 Å². The van der Waals surface area contributed by atoms with Crippen LogP contribution in [-0.4, -0.2) is 45.7 Å². The Balaban J connectivity index is 1.61. The van der Waals surface area contributed by atoms with E-state index in [4.69, 9.17) is 16.1 Å². The highest BCUT2D eigenvalue weighted by Crippen LogP contribution is 2.20. The van der Waals surface area contributed by atoms with E-state index in [9.17, 15) is 14.7 Å². The predicted molar refractivity (Wildman–Crippen MR) is 94.4 cm³/mol. The van der Waals surface area contributed by atoms with E-state index in [2.05, 4.69) is 10.5 Å². The second-order valence-corrected chi connectivity index (χ2v) is 6.84. The molecule has 2 aromatic rings. The SMILES string of the molecule is Cc1cc(CC(=O)N2CC(O)CC2C(=O)NCc2ccc(Cl)cc2)on1. The minimum absolute atomic E-state index is 0.00846. The molecule has 0 aliphatic carbocycles. The average molecular weight is 378 g/mol. The predicted octanol–water partition coefficient (Wildman–Crippen LogP) is 1.46. The summed E-state index contributed by atoms with van der Waals surface area (Å²) in [5.41, 5.74) is 1.59. The lowest BCUT2D eigenvalue weighted by molar-refractivity contribution is -0.138. The van der Waals surface area contributed by atoms with Crippen molar-refractivity contribution in [2.24, 2.45) is 0 Å². The molecule has 0 bridgehead atoms. The van der Waals surface area contributed by atoms with Crippen LogP contribution < -0.4 is 5.32 Å². The lowest BCUT2D eigenvalue weighted by Gasteiger charge is -2.23.